The summed E-state index contributed by atoms with van der Waals surface area (Å²) in [4.78, 5) is 15.5. The van der Waals surface area contributed by atoms with Crippen molar-refractivity contribution in [2.45, 2.75) is 0 Å². The van der Waals surface area contributed by atoms with Crippen molar-refractivity contribution in [3.05, 3.63) is 35.3 Å². The van der Waals surface area contributed by atoms with Crippen molar-refractivity contribution in [3.8, 4) is 22.1 Å². The highest BCUT2D eigenvalue weighted by Gasteiger charge is 2.13. The molecule has 0 amide bonds. The highest BCUT2D eigenvalue weighted by atomic mass is 32.1. The van der Waals surface area contributed by atoms with Crippen molar-refractivity contribution in [1.82, 2.24) is 4.98 Å². The molecule has 0 aliphatic heterocycles. The van der Waals surface area contributed by atoms with Crippen molar-refractivity contribution in [1.29, 1.82) is 0 Å². The van der Waals surface area contributed by atoms with Crippen molar-refractivity contribution < 1.29 is 19.4 Å². The van der Waals surface area contributed by atoms with Gasteiger partial charge in [0.2, 0.25) is 0 Å². The Kier molecular flexibility index (Phi) is 4.37. The van der Waals surface area contributed by atoms with Crippen LogP contribution in [0.3, 0.4) is 0 Å². The first-order valence-electron chi connectivity index (χ1n) is 5.74. The van der Waals surface area contributed by atoms with Crippen molar-refractivity contribution in [2.75, 3.05) is 14.2 Å². The fourth-order valence-corrected chi connectivity index (χ4v) is 2.54. The Morgan fingerprint density at radius 3 is 2.80 bits per heavy atom. The van der Waals surface area contributed by atoms with Gasteiger partial charge in [0.25, 0.3) is 0 Å². The zero-order valence-electron chi connectivity index (χ0n) is 11.0. The predicted molar refractivity (Wildman–Crippen MR) is 77.3 cm³/mol. The molecule has 2 aromatic rings. The predicted octanol–water partition coefficient (Wildman–Crippen LogP) is 2.93. The van der Waals surface area contributed by atoms with E-state index in [2.05, 4.69) is 4.98 Å². The van der Waals surface area contributed by atoms with Gasteiger partial charge in [-0.15, -0.1) is 11.3 Å². The van der Waals surface area contributed by atoms with E-state index in [1.54, 1.807) is 26.5 Å². The van der Waals surface area contributed by atoms with Crippen LogP contribution in [-0.2, 0) is 4.79 Å². The van der Waals surface area contributed by atoms with Crippen LogP contribution in [0.4, 0.5) is 0 Å². The first-order chi connectivity index (χ1) is 9.65. The maximum absolute atomic E-state index is 10.5. The molecule has 1 aromatic carbocycles. The molecule has 0 atom stereocenters. The summed E-state index contributed by atoms with van der Waals surface area (Å²) in [6, 6.07) is 5.54. The van der Waals surface area contributed by atoms with Crippen molar-refractivity contribution in [3.63, 3.8) is 0 Å². The van der Waals surface area contributed by atoms with Crippen LogP contribution in [-0.4, -0.2) is 30.3 Å². The molecule has 104 valence electrons. The van der Waals surface area contributed by atoms with Gasteiger partial charge < -0.3 is 14.6 Å². The molecule has 1 N–H and O–H groups in total. The van der Waals surface area contributed by atoms with Crippen LogP contribution < -0.4 is 9.47 Å². The Hall–Kier alpha value is -2.34. The van der Waals surface area contributed by atoms with Gasteiger partial charge >= 0.3 is 5.97 Å². The second-order valence-electron chi connectivity index (χ2n) is 3.78. The topological polar surface area (TPSA) is 68.7 Å². The monoisotopic (exact) mass is 291 g/mol. The summed E-state index contributed by atoms with van der Waals surface area (Å²) in [6.07, 6.45) is 4.22. The number of ether oxygens (including phenoxy) is 2. The van der Waals surface area contributed by atoms with Gasteiger partial charge in [0.15, 0.2) is 11.5 Å². The third-order valence-electron chi connectivity index (χ3n) is 2.55. The Bertz CT molecular complexity index is 648. The summed E-state index contributed by atoms with van der Waals surface area (Å²) in [5.74, 6) is 0.250. The molecule has 0 aliphatic carbocycles. The Labute approximate surface area is 120 Å². The number of carboxylic acids is 1. The maximum atomic E-state index is 10.5. The average molecular weight is 291 g/mol. The molecular formula is C14H13NO4S. The molecule has 1 heterocycles. The Morgan fingerprint density at radius 1 is 1.35 bits per heavy atom. The van der Waals surface area contributed by atoms with Gasteiger partial charge in [-0.05, 0) is 18.2 Å². The molecule has 0 fully saturated rings. The van der Waals surface area contributed by atoms with Gasteiger partial charge in [-0.25, -0.2) is 9.78 Å². The maximum Gasteiger partial charge on any atom is 0.328 e. The van der Waals surface area contributed by atoms with Crippen LogP contribution >= 0.6 is 11.3 Å². The third kappa shape index (κ3) is 2.97. The lowest BCUT2D eigenvalue weighted by atomic mass is 10.2. The van der Waals surface area contributed by atoms with Crippen LogP contribution in [0.25, 0.3) is 16.6 Å². The number of thiazole rings is 1. The lowest BCUT2D eigenvalue weighted by molar-refractivity contribution is -0.131. The largest absolute Gasteiger partial charge is 0.493 e. The summed E-state index contributed by atoms with van der Waals surface area (Å²) in [7, 11) is 3.14. The molecule has 6 heteroatoms. The molecule has 2 rings (SSSR count). The molecule has 0 radical (unpaired) electrons. The number of methoxy groups -OCH3 is 2. The van der Waals surface area contributed by atoms with E-state index in [1.807, 2.05) is 12.1 Å². The van der Waals surface area contributed by atoms with E-state index in [0.29, 0.717) is 11.5 Å². The summed E-state index contributed by atoms with van der Waals surface area (Å²) < 4.78 is 10.6. The van der Waals surface area contributed by atoms with Crippen molar-refractivity contribution >= 4 is 23.4 Å². The third-order valence-corrected chi connectivity index (χ3v) is 3.54. The average Bonchev–Trinajstić information content (AvgIpc) is 2.92. The number of benzene rings is 1. The normalized spacial score (nSPS) is 10.7. The zero-order valence-corrected chi connectivity index (χ0v) is 11.8. The molecule has 0 saturated carbocycles. The summed E-state index contributed by atoms with van der Waals surface area (Å²) in [6.45, 7) is 0. The first kappa shape index (κ1) is 14.1. The number of aliphatic carboxylic acids is 1. The number of carboxylic acid groups (broad SMARTS) is 1. The van der Waals surface area contributed by atoms with Gasteiger partial charge in [0, 0.05) is 17.2 Å². The van der Waals surface area contributed by atoms with Crippen LogP contribution in [0.15, 0.2) is 30.5 Å². The molecule has 0 aliphatic rings. The van der Waals surface area contributed by atoms with Gasteiger partial charge in [0.05, 0.1) is 19.8 Å². The fraction of sp³-hybridized carbons (Fsp3) is 0.143. The number of hydrogen-bond donors (Lipinski definition) is 1. The van der Waals surface area contributed by atoms with Crippen LogP contribution in [0.1, 0.15) is 4.88 Å². The molecule has 0 unspecified atom stereocenters. The van der Waals surface area contributed by atoms with E-state index in [-0.39, 0.29) is 0 Å². The lowest BCUT2D eigenvalue weighted by Crippen LogP contribution is -1.92. The molecule has 5 nitrogen and oxygen atoms in total. The molecule has 20 heavy (non-hydrogen) atoms. The molecule has 0 bridgehead atoms. The van der Waals surface area contributed by atoms with E-state index in [4.69, 9.17) is 14.6 Å². The number of carbonyl (C=O) groups is 1. The second-order valence-corrected chi connectivity index (χ2v) is 4.84. The van der Waals surface area contributed by atoms with Crippen LogP contribution in [0.2, 0.25) is 0 Å². The van der Waals surface area contributed by atoms with Crippen molar-refractivity contribution in [2.24, 2.45) is 0 Å². The SMILES string of the molecule is COc1cccc(-c2ncc(/C=C/C(=O)O)s2)c1OC. The fourth-order valence-electron chi connectivity index (χ4n) is 1.70. The van der Waals surface area contributed by atoms with E-state index in [1.165, 1.54) is 17.4 Å². The van der Waals surface area contributed by atoms with Gasteiger partial charge in [-0.3, -0.25) is 0 Å². The van der Waals surface area contributed by atoms with Gasteiger partial charge in [0.1, 0.15) is 5.01 Å². The summed E-state index contributed by atoms with van der Waals surface area (Å²) in [5.41, 5.74) is 0.812. The summed E-state index contributed by atoms with van der Waals surface area (Å²) in [5, 5.41) is 9.35. The van der Waals surface area contributed by atoms with E-state index in [9.17, 15) is 4.79 Å². The van der Waals surface area contributed by atoms with E-state index >= 15 is 0 Å². The van der Waals surface area contributed by atoms with E-state index in [0.717, 1.165) is 21.5 Å². The minimum absolute atomic E-state index is 0.609. The van der Waals surface area contributed by atoms with Crippen LogP contribution in [0.5, 0.6) is 11.5 Å². The van der Waals surface area contributed by atoms with Gasteiger partial charge in [-0.1, -0.05) is 6.07 Å². The standard InChI is InChI=1S/C14H13NO4S/c1-18-11-5-3-4-10(13(11)19-2)14-15-8-9(20-14)6-7-12(16)17/h3-8H,1-2H3,(H,16,17)/b7-6+. The number of para-hydroxylation sites is 1. The zero-order chi connectivity index (χ0) is 14.5. The lowest BCUT2D eigenvalue weighted by Gasteiger charge is -2.10. The minimum Gasteiger partial charge on any atom is -0.493 e. The quantitative estimate of drug-likeness (QED) is 0.858. The number of hydrogen-bond acceptors (Lipinski definition) is 5. The highest BCUT2D eigenvalue weighted by molar-refractivity contribution is 7.15. The molecular weight excluding hydrogens is 278 g/mol. The Morgan fingerprint density at radius 2 is 2.15 bits per heavy atom. The van der Waals surface area contributed by atoms with E-state index < -0.39 is 5.97 Å². The Balaban J connectivity index is 2.39. The minimum atomic E-state index is -0.987. The molecule has 0 spiro atoms. The van der Waals surface area contributed by atoms with Crippen LogP contribution in [0, 0.1) is 0 Å². The smallest absolute Gasteiger partial charge is 0.328 e. The number of aromatic nitrogens is 1. The second kappa shape index (κ2) is 6.21. The molecule has 1 aromatic heterocycles. The number of nitrogens with zero attached hydrogens (tertiary/aromatic N) is 1. The molecule has 0 saturated heterocycles. The summed E-state index contributed by atoms with van der Waals surface area (Å²) >= 11 is 1.38. The first-order valence-corrected chi connectivity index (χ1v) is 6.55. The number of rotatable bonds is 5. The van der Waals surface area contributed by atoms with Gasteiger partial charge in [-0.2, -0.15) is 0 Å². The highest BCUT2D eigenvalue weighted by Crippen LogP contribution is 2.39.